The lowest BCUT2D eigenvalue weighted by Gasteiger charge is -2.43. The first kappa shape index (κ1) is 76.5. The lowest BCUT2D eigenvalue weighted by atomic mass is 9.78. The minimum Gasteiger partial charge on any atom is -0.460 e. The summed E-state index contributed by atoms with van der Waals surface area (Å²) in [5.74, 6) is -8.93. The Hall–Kier alpha value is -8.13. The molecule has 3 fully saturated rings. The molecule has 20 nitrogen and oxygen atoms in total. The zero-order chi connectivity index (χ0) is 73.5. The number of cyclic esters (lactones) is 1. The fourth-order valence-corrected chi connectivity index (χ4v) is 15.4. The van der Waals surface area contributed by atoms with E-state index in [2.05, 4.69) is 12.1 Å². The third-order valence-corrected chi connectivity index (χ3v) is 21.9. The first-order chi connectivity index (χ1) is 48.7. The summed E-state index contributed by atoms with van der Waals surface area (Å²) in [6.45, 7) is 18.1. The summed E-state index contributed by atoms with van der Waals surface area (Å²) in [4.78, 5) is 99.7. The number of rotatable bonds is 12. The summed E-state index contributed by atoms with van der Waals surface area (Å²) in [7, 11) is 2.93. The number of carbonyl (C=O) groups excluding carboxylic acids is 5. The van der Waals surface area contributed by atoms with Crippen LogP contribution in [-0.2, 0) is 53.1 Å². The van der Waals surface area contributed by atoms with Gasteiger partial charge in [-0.05, 0) is 175 Å². The quantitative estimate of drug-likeness (QED) is 0.0583. The maximum Gasteiger partial charge on any atom is 0.334 e. The highest BCUT2D eigenvalue weighted by Gasteiger charge is 2.53. The molecule has 2 unspecified atom stereocenters. The molecule has 3 N–H and O–H groups in total. The van der Waals surface area contributed by atoms with Crippen LogP contribution in [0.1, 0.15) is 158 Å². The van der Waals surface area contributed by atoms with Crippen molar-refractivity contribution in [1.82, 2.24) is 24.0 Å². The monoisotopic (exact) mass is 1390 g/mol. The number of aliphatic hydroxyl groups is 3. The molecule has 10 rings (SSSR count). The fourth-order valence-electron chi connectivity index (χ4n) is 15.4. The number of nitriles is 1. The largest absolute Gasteiger partial charge is 0.460 e. The van der Waals surface area contributed by atoms with E-state index >= 15 is 4.79 Å². The normalized spacial score (nSPS) is 30.5. The molecule has 20 heteroatoms. The first-order valence-electron chi connectivity index (χ1n) is 36.3. The van der Waals surface area contributed by atoms with Crippen molar-refractivity contribution in [3.05, 3.63) is 149 Å². The number of benzene rings is 3. The minimum absolute atomic E-state index is 0.0121. The number of imidazole rings is 1. The smallest absolute Gasteiger partial charge is 0.334 e. The van der Waals surface area contributed by atoms with E-state index in [9.17, 15) is 44.6 Å². The van der Waals surface area contributed by atoms with Crippen molar-refractivity contribution >= 4 is 62.1 Å². The summed E-state index contributed by atoms with van der Waals surface area (Å²) in [6, 6.07) is 23.9. The van der Waals surface area contributed by atoms with E-state index in [0.29, 0.717) is 84.6 Å². The van der Waals surface area contributed by atoms with Gasteiger partial charge in [0.25, 0.3) is 11.7 Å². The van der Waals surface area contributed by atoms with Crippen LogP contribution < -0.4 is 5.69 Å². The van der Waals surface area contributed by atoms with Gasteiger partial charge in [0.15, 0.2) is 5.78 Å². The molecule has 2 saturated heterocycles. The Morgan fingerprint density at radius 1 is 0.804 bits per heavy atom. The van der Waals surface area contributed by atoms with Crippen molar-refractivity contribution < 1.29 is 63.0 Å². The van der Waals surface area contributed by atoms with Crippen molar-refractivity contribution in [3.8, 4) is 22.9 Å². The van der Waals surface area contributed by atoms with Crippen molar-refractivity contribution in [1.29, 1.82) is 5.26 Å². The van der Waals surface area contributed by atoms with E-state index in [1.165, 1.54) is 12.0 Å². The maximum atomic E-state index is 15.5. The fraction of sp³-hybridized carbons (Fsp3) is 0.524. The number of esters is 1. The average Bonchev–Trinajstić information content (AvgIpc) is 1.55. The van der Waals surface area contributed by atoms with Crippen molar-refractivity contribution in [2.75, 3.05) is 27.4 Å². The van der Waals surface area contributed by atoms with Gasteiger partial charge in [0.05, 0.1) is 82.5 Å². The summed E-state index contributed by atoms with van der Waals surface area (Å²) in [6.07, 6.45) is 12.8. The average molecular weight is 1400 g/mol. The SMILES string of the molecule is CO[C@@H]1C[C@@H](CC(C)[C@@H]2CC(=O)[C@H](C)/C=C(\C)[C@@H](O)[C@@H](OC)C(=O)[C@H](C)C[C@H](C)/C=C/C=C/C=C(/C)[C@H](OCC(C)n3c(=O)n(-c4ccc(C(C)(C)C#N)cc4)c4c5cc(-c6cnc7ccccc7c6)ccc5ncc43)C[C@@H]3CC[C@@H](C)[C@@](O)(O3)C(=O)C(=O)N3CCCC[C@H]3C(=O)O2)CC[C@H]1O. The van der Waals surface area contributed by atoms with Crippen molar-refractivity contribution in [3.63, 3.8) is 0 Å². The summed E-state index contributed by atoms with van der Waals surface area (Å²) in [5.41, 5.74) is 5.69. The Bertz CT molecular complexity index is 4270. The number of carbonyl (C=O) groups is 5. The van der Waals surface area contributed by atoms with Gasteiger partial charge in [-0.25, -0.2) is 9.59 Å². The number of Topliss-reactive ketones (excluding diaryl/α,β-unsaturated/α-hetero) is 3. The number of ketones is 3. The third kappa shape index (κ3) is 16.9. The van der Waals surface area contributed by atoms with Gasteiger partial charge >= 0.3 is 11.7 Å². The molecule has 102 heavy (non-hydrogen) atoms. The Morgan fingerprint density at radius 3 is 2.28 bits per heavy atom. The number of pyridine rings is 2. The molecule has 1 aliphatic carbocycles. The molecule has 2 bridgehead atoms. The summed E-state index contributed by atoms with van der Waals surface area (Å²) < 4.78 is 34.6. The van der Waals surface area contributed by atoms with Crippen LogP contribution in [0.4, 0.5) is 0 Å². The molecule has 3 aromatic heterocycles. The zero-order valence-corrected chi connectivity index (χ0v) is 61.1. The van der Waals surface area contributed by atoms with Crippen LogP contribution in [0, 0.1) is 46.8 Å². The molecule has 544 valence electrons. The van der Waals surface area contributed by atoms with E-state index in [-0.39, 0.29) is 74.0 Å². The molecule has 3 aliphatic heterocycles. The standard InChI is InChI=1S/C82H102N6O14/c1-48-20-14-13-15-21-49(2)70(100-46-55(8)87-67-45-85-65-33-27-57(59-40-58-22-16-17-23-64(58)84-44-59)41-63(65)73(67)88(80(87)96)61-30-28-60(29-31-61)81(9,10)47-83)42-62-32-25-54(7)82(97,102-62)77(93)78(94)86-35-19-18-24-66(86)79(95)101-71(51(4)38-56-26-34-68(89)72(39-56)98-11)43-69(90)50(3)37-53(6)75(92)76(99-12)74(91)52(5)36-48/h13-17,20-23,27-31,33,37,40-41,44-45,48,50-52,54-56,62,66,68,70-72,75-76,89,92,97H,18-19,24-26,32,34-36,38-39,42-43,46H2,1-12H3/b15-13+,20-14+,49-21-,53-37+/t48-,50-,51?,52-,54-,55?,56-,62+,66+,68-,70-,71+,72-,75-,76+,82-/m1/s1. The van der Waals surface area contributed by atoms with E-state index in [1.54, 1.807) is 56.2 Å². The molecule has 6 heterocycles. The van der Waals surface area contributed by atoms with Crippen LogP contribution in [0.5, 0.6) is 0 Å². The molecular formula is C82H102N6O14. The number of fused-ring (bicyclic) bond motifs is 7. The van der Waals surface area contributed by atoms with Crippen molar-refractivity contribution in [2.24, 2.45) is 35.5 Å². The van der Waals surface area contributed by atoms with Gasteiger partial charge in [0.1, 0.15) is 30.1 Å². The molecule has 0 radical (unpaired) electrons. The molecule has 3 aromatic carbocycles. The van der Waals surface area contributed by atoms with E-state index in [1.807, 2.05) is 145 Å². The molecule has 1 saturated carbocycles. The topological polar surface area (TPSA) is 272 Å². The number of para-hydroxylation sites is 1. The van der Waals surface area contributed by atoms with Crippen LogP contribution >= 0.6 is 0 Å². The second-order valence-electron chi connectivity index (χ2n) is 29.9. The van der Waals surface area contributed by atoms with Gasteiger partial charge in [-0.2, -0.15) is 5.26 Å². The van der Waals surface area contributed by atoms with Gasteiger partial charge in [-0.3, -0.25) is 38.3 Å². The van der Waals surface area contributed by atoms with Gasteiger partial charge in [0.2, 0.25) is 5.79 Å². The number of allylic oxidation sites excluding steroid dienone is 6. The van der Waals surface area contributed by atoms with Crippen LogP contribution in [-0.4, -0.2) is 150 Å². The number of hydrogen-bond acceptors (Lipinski definition) is 17. The van der Waals surface area contributed by atoms with E-state index in [4.69, 9.17) is 33.7 Å². The number of aromatic nitrogens is 4. The van der Waals surface area contributed by atoms with Crippen LogP contribution in [0.25, 0.3) is 49.7 Å². The van der Waals surface area contributed by atoms with Gasteiger partial charge in [0, 0.05) is 73.9 Å². The number of ether oxygens (including phenoxy) is 5. The maximum absolute atomic E-state index is 15.5. The Balaban J connectivity index is 0.986. The zero-order valence-electron chi connectivity index (χ0n) is 61.1. The van der Waals surface area contributed by atoms with Crippen LogP contribution in [0.3, 0.4) is 0 Å². The summed E-state index contributed by atoms with van der Waals surface area (Å²) >= 11 is 0. The lowest BCUT2D eigenvalue weighted by Crippen LogP contribution is -2.61. The van der Waals surface area contributed by atoms with Crippen LogP contribution in [0.15, 0.2) is 138 Å². The number of aliphatic hydroxyl groups excluding tert-OH is 2. The van der Waals surface area contributed by atoms with Gasteiger partial charge in [-0.1, -0.05) is 107 Å². The molecule has 4 aliphatic rings. The number of hydrogen-bond donors (Lipinski definition) is 3. The number of methoxy groups -OCH3 is 2. The second kappa shape index (κ2) is 33.1. The highest BCUT2D eigenvalue weighted by molar-refractivity contribution is 6.39. The lowest BCUT2D eigenvalue weighted by molar-refractivity contribution is -0.266. The van der Waals surface area contributed by atoms with Crippen molar-refractivity contribution in [2.45, 2.75) is 212 Å². The molecule has 6 aromatic rings. The summed E-state index contributed by atoms with van der Waals surface area (Å²) in [5, 5.41) is 46.8. The molecular weight excluding hydrogens is 1290 g/mol. The predicted molar refractivity (Wildman–Crippen MR) is 391 cm³/mol. The Labute approximate surface area is 598 Å². The number of piperidine rings is 1. The van der Waals surface area contributed by atoms with Gasteiger partial charge in [-0.15, -0.1) is 0 Å². The van der Waals surface area contributed by atoms with E-state index in [0.717, 1.165) is 33.2 Å². The first-order valence-corrected chi connectivity index (χ1v) is 36.3. The highest BCUT2D eigenvalue weighted by Crippen LogP contribution is 2.40. The Kier molecular flexibility index (Phi) is 24.8. The minimum atomic E-state index is -2.61. The molecule has 1 amide bonds. The molecule has 16 atom stereocenters. The van der Waals surface area contributed by atoms with Crippen LogP contribution in [0.2, 0.25) is 0 Å². The third-order valence-electron chi connectivity index (χ3n) is 21.9. The molecule has 0 spiro atoms. The number of nitrogens with zero attached hydrogens (tertiary/aromatic N) is 6. The number of amides is 1. The predicted octanol–water partition coefficient (Wildman–Crippen LogP) is 12.5. The van der Waals surface area contributed by atoms with Gasteiger partial charge < -0.3 is 43.9 Å². The highest BCUT2D eigenvalue weighted by atomic mass is 16.6. The van der Waals surface area contributed by atoms with E-state index < -0.39 is 101 Å². The Morgan fingerprint density at radius 2 is 1.55 bits per heavy atom. The second-order valence-corrected chi connectivity index (χ2v) is 29.9.